The summed E-state index contributed by atoms with van der Waals surface area (Å²) in [6.07, 6.45) is 0. The molecule has 2 rings (SSSR count). The number of amides is 1. The molecule has 0 saturated carbocycles. The molecule has 3 nitrogen and oxygen atoms in total. The number of rotatable bonds is 4. The molecule has 0 bridgehead atoms. The van der Waals surface area contributed by atoms with E-state index < -0.39 is 0 Å². The molecule has 98 valence electrons. The molecule has 0 unspecified atom stereocenters. The van der Waals surface area contributed by atoms with Gasteiger partial charge in [0.15, 0.2) is 0 Å². The minimum atomic E-state index is -0.0528. The van der Waals surface area contributed by atoms with E-state index in [1.807, 2.05) is 36.4 Å². The Morgan fingerprint density at radius 2 is 1.89 bits per heavy atom. The molecule has 1 amide bonds. The summed E-state index contributed by atoms with van der Waals surface area (Å²) in [4.78, 5) is 11.2. The zero-order valence-corrected chi connectivity index (χ0v) is 11.2. The summed E-state index contributed by atoms with van der Waals surface area (Å²) >= 11 is 0. The minimum absolute atomic E-state index is 0.0528. The largest absolute Gasteiger partial charge is 0.381 e. The Kier molecular flexibility index (Phi) is 4.18. The molecule has 2 aromatic rings. The topological polar surface area (TPSA) is 41.1 Å². The molecule has 0 atom stereocenters. The molecule has 2 aromatic carbocycles. The van der Waals surface area contributed by atoms with E-state index in [0.717, 1.165) is 16.9 Å². The van der Waals surface area contributed by atoms with Crippen molar-refractivity contribution in [1.82, 2.24) is 0 Å². The van der Waals surface area contributed by atoms with E-state index in [9.17, 15) is 4.79 Å². The number of hydrogen-bond acceptors (Lipinski definition) is 2. The van der Waals surface area contributed by atoms with Gasteiger partial charge in [0.05, 0.1) is 0 Å². The predicted octanol–water partition coefficient (Wildman–Crippen LogP) is 3.57. The number of benzene rings is 2. The Bertz CT molecular complexity index is 578. The van der Waals surface area contributed by atoms with E-state index in [1.165, 1.54) is 12.5 Å². The third kappa shape index (κ3) is 3.85. The summed E-state index contributed by atoms with van der Waals surface area (Å²) in [6.45, 7) is 4.26. The smallest absolute Gasteiger partial charge is 0.221 e. The van der Waals surface area contributed by atoms with Crippen molar-refractivity contribution >= 4 is 17.3 Å². The molecule has 0 aliphatic rings. The lowest BCUT2D eigenvalue weighted by Gasteiger charge is -2.12. The van der Waals surface area contributed by atoms with Gasteiger partial charge in [-0.25, -0.2) is 0 Å². The average molecular weight is 254 g/mol. The van der Waals surface area contributed by atoms with Crippen molar-refractivity contribution in [3.05, 3.63) is 59.7 Å². The van der Waals surface area contributed by atoms with Crippen LogP contribution in [0.1, 0.15) is 18.1 Å². The van der Waals surface area contributed by atoms with Gasteiger partial charge in [-0.2, -0.15) is 0 Å². The van der Waals surface area contributed by atoms with Crippen LogP contribution in [0.2, 0.25) is 0 Å². The Labute approximate surface area is 113 Å². The van der Waals surface area contributed by atoms with Gasteiger partial charge < -0.3 is 10.6 Å². The van der Waals surface area contributed by atoms with Crippen LogP contribution in [0.4, 0.5) is 11.4 Å². The number of para-hydroxylation sites is 1. The fraction of sp³-hybridized carbons (Fsp3) is 0.188. The number of nitrogens with one attached hydrogen (secondary N) is 2. The van der Waals surface area contributed by atoms with E-state index in [4.69, 9.17) is 0 Å². The Balaban J connectivity index is 2.09. The van der Waals surface area contributed by atoms with Gasteiger partial charge >= 0.3 is 0 Å². The predicted molar refractivity (Wildman–Crippen MR) is 79.3 cm³/mol. The second-order valence-electron chi connectivity index (χ2n) is 4.56. The van der Waals surface area contributed by atoms with E-state index in [0.29, 0.717) is 6.54 Å². The van der Waals surface area contributed by atoms with E-state index in [2.05, 4.69) is 29.7 Å². The first-order chi connectivity index (χ1) is 9.15. The van der Waals surface area contributed by atoms with Crippen molar-refractivity contribution in [3.8, 4) is 0 Å². The third-order valence-corrected chi connectivity index (χ3v) is 2.83. The van der Waals surface area contributed by atoms with Gasteiger partial charge in [0, 0.05) is 24.8 Å². The van der Waals surface area contributed by atoms with Gasteiger partial charge in [0.1, 0.15) is 0 Å². The molecule has 0 spiro atoms. The highest BCUT2D eigenvalue weighted by Crippen LogP contribution is 2.17. The van der Waals surface area contributed by atoms with Crippen LogP contribution >= 0.6 is 0 Å². The van der Waals surface area contributed by atoms with Gasteiger partial charge in [-0.05, 0) is 36.2 Å². The van der Waals surface area contributed by atoms with E-state index in [1.54, 1.807) is 0 Å². The highest BCUT2D eigenvalue weighted by Gasteiger charge is 2.03. The van der Waals surface area contributed by atoms with E-state index >= 15 is 0 Å². The van der Waals surface area contributed by atoms with Gasteiger partial charge in [-0.1, -0.05) is 30.3 Å². The molecule has 0 radical (unpaired) electrons. The van der Waals surface area contributed by atoms with Crippen molar-refractivity contribution < 1.29 is 4.79 Å². The molecule has 0 heterocycles. The first kappa shape index (κ1) is 13.1. The summed E-state index contributed by atoms with van der Waals surface area (Å²) in [5.41, 5.74) is 4.23. The maximum absolute atomic E-state index is 11.2. The van der Waals surface area contributed by atoms with Crippen molar-refractivity contribution in [2.45, 2.75) is 20.4 Å². The molecular formula is C16H18N2O. The highest BCUT2D eigenvalue weighted by molar-refractivity contribution is 5.89. The second kappa shape index (κ2) is 6.05. The molecule has 3 heteroatoms. The van der Waals surface area contributed by atoms with Crippen LogP contribution in [-0.2, 0) is 11.3 Å². The monoisotopic (exact) mass is 254 g/mol. The molecule has 0 aliphatic heterocycles. The van der Waals surface area contributed by atoms with Crippen LogP contribution in [0.5, 0.6) is 0 Å². The maximum Gasteiger partial charge on any atom is 0.221 e. The number of carbonyl (C=O) groups is 1. The zero-order chi connectivity index (χ0) is 13.7. The average Bonchev–Trinajstić information content (AvgIpc) is 2.37. The summed E-state index contributed by atoms with van der Waals surface area (Å²) < 4.78 is 0. The molecule has 0 aromatic heterocycles. The Morgan fingerprint density at radius 1 is 1.11 bits per heavy atom. The van der Waals surface area contributed by atoms with Crippen LogP contribution in [0.3, 0.4) is 0 Å². The molecular weight excluding hydrogens is 236 g/mol. The summed E-state index contributed by atoms with van der Waals surface area (Å²) in [5.74, 6) is -0.0528. The standard InChI is InChI=1S/C16H18N2O/c1-12-6-5-8-15(10-12)17-11-14-7-3-4-9-16(14)18-13(2)19/h3-10,17H,11H2,1-2H3,(H,18,19). The number of anilines is 2. The Hall–Kier alpha value is -2.29. The number of hydrogen-bond donors (Lipinski definition) is 2. The normalized spacial score (nSPS) is 10.0. The van der Waals surface area contributed by atoms with Gasteiger partial charge in [0.25, 0.3) is 0 Å². The maximum atomic E-state index is 11.2. The molecule has 19 heavy (non-hydrogen) atoms. The zero-order valence-electron chi connectivity index (χ0n) is 11.2. The molecule has 0 fully saturated rings. The van der Waals surface area contributed by atoms with E-state index in [-0.39, 0.29) is 5.91 Å². The molecule has 2 N–H and O–H groups in total. The second-order valence-corrected chi connectivity index (χ2v) is 4.56. The van der Waals surface area contributed by atoms with Crippen molar-refractivity contribution in [2.75, 3.05) is 10.6 Å². The lowest BCUT2D eigenvalue weighted by molar-refractivity contribution is -0.114. The van der Waals surface area contributed by atoms with Crippen molar-refractivity contribution in [3.63, 3.8) is 0 Å². The van der Waals surface area contributed by atoms with Gasteiger partial charge in [0.2, 0.25) is 5.91 Å². The fourth-order valence-electron chi connectivity index (χ4n) is 1.94. The lowest BCUT2D eigenvalue weighted by Crippen LogP contribution is -2.10. The van der Waals surface area contributed by atoms with Gasteiger partial charge in [-0.15, -0.1) is 0 Å². The quantitative estimate of drug-likeness (QED) is 0.875. The van der Waals surface area contributed by atoms with Crippen molar-refractivity contribution in [1.29, 1.82) is 0 Å². The van der Waals surface area contributed by atoms with Crippen LogP contribution in [0.15, 0.2) is 48.5 Å². The fourth-order valence-corrected chi connectivity index (χ4v) is 1.94. The first-order valence-electron chi connectivity index (χ1n) is 6.31. The molecule has 0 saturated heterocycles. The molecule has 0 aliphatic carbocycles. The van der Waals surface area contributed by atoms with Crippen molar-refractivity contribution in [2.24, 2.45) is 0 Å². The summed E-state index contributed by atoms with van der Waals surface area (Å²) in [7, 11) is 0. The SMILES string of the molecule is CC(=O)Nc1ccccc1CNc1cccc(C)c1. The first-order valence-corrected chi connectivity index (χ1v) is 6.31. The summed E-state index contributed by atoms with van der Waals surface area (Å²) in [6, 6.07) is 16.0. The van der Waals surface area contributed by atoms with Crippen LogP contribution in [0.25, 0.3) is 0 Å². The lowest BCUT2D eigenvalue weighted by atomic mass is 10.1. The third-order valence-electron chi connectivity index (χ3n) is 2.83. The van der Waals surface area contributed by atoms with Crippen LogP contribution in [0, 0.1) is 6.92 Å². The Morgan fingerprint density at radius 3 is 2.63 bits per heavy atom. The van der Waals surface area contributed by atoms with Gasteiger partial charge in [-0.3, -0.25) is 4.79 Å². The number of aryl methyl sites for hydroxylation is 1. The highest BCUT2D eigenvalue weighted by atomic mass is 16.1. The minimum Gasteiger partial charge on any atom is -0.381 e. The summed E-state index contributed by atoms with van der Waals surface area (Å²) in [5, 5.41) is 6.21. The van der Waals surface area contributed by atoms with Crippen LogP contribution in [-0.4, -0.2) is 5.91 Å². The van der Waals surface area contributed by atoms with Crippen LogP contribution < -0.4 is 10.6 Å². The number of carbonyl (C=O) groups excluding carboxylic acids is 1.